The van der Waals surface area contributed by atoms with Crippen LogP contribution in [0.15, 0.2) is 0 Å². The van der Waals surface area contributed by atoms with Crippen LogP contribution in [0.1, 0.15) is 39.0 Å². The second-order valence-corrected chi connectivity index (χ2v) is 3.70. The highest BCUT2D eigenvalue weighted by atomic mass is 16.3. The first kappa shape index (κ1) is 13.9. The van der Waals surface area contributed by atoms with Gasteiger partial charge in [0.05, 0.1) is 6.61 Å². The smallest absolute Gasteiger partial charge is 0.0558 e. The molecule has 0 atom stereocenters. The highest BCUT2D eigenvalue weighted by Gasteiger charge is 2.02. The molecular weight excluding hydrogens is 178 g/mol. The lowest BCUT2D eigenvalue weighted by atomic mass is 10.2. The molecule has 0 aliphatic rings. The summed E-state index contributed by atoms with van der Waals surface area (Å²) in [4.78, 5) is 2.23. The van der Waals surface area contributed by atoms with Gasteiger partial charge in [-0.15, -0.1) is 0 Å². The minimum Gasteiger partial charge on any atom is -0.396 e. The van der Waals surface area contributed by atoms with E-state index in [4.69, 9.17) is 10.2 Å². The van der Waals surface area contributed by atoms with E-state index in [9.17, 15) is 0 Å². The Hall–Kier alpha value is -0.120. The van der Waals surface area contributed by atoms with E-state index in [1.807, 2.05) is 0 Å². The van der Waals surface area contributed by atoms with Crippen molar-refractivity contribution >= 4 is 0 Å². The maximum atomic E-state index is 8.83. The van der Waals surface area contributed by atoms with E-state index in [0.29, 0.717) is 0 Å². The quantitative estimate of drug-likeness (QED) is 0.525. The fourth-order valence-electron chi connectivity index (χ4n) is 1.53. The van der Waals surface area contributed by atoms with E-state index < -0.39 is 0 Å². The zero-order valence-corrected chi connectivity index (χ0v) is 9.41. The van der Waals surface area contributed by atoms with E-state index in [2.05, 4.69) is 11.8 Å². The molecule has 0 saturated heterocycles. The predicted molar refractivity (Wildman–Crippen MR) is 59.4 cm³/mol. The third kappa shape index (κ3) is 8.48. The molecule has 86 valence electrons. The summed E-state index contributed by atoms with van der Waals surface area (Å²) in [5.41, 5.74) is 0. The van der Waals surface area contributed by atoms with Crippen molar-refractivity contribution in [3.05, 3.63) is 0 Å². The molecule has 0 spiro atoms. The number of unbranched alkanes of at least 4 members (excludes halogenated alkanes) is 3. The third-order valence-electron chi connectivity index (χ3n) is 2.38. The molecule has 0 rings (SSSR count). The lowest BCUT2D eigenvalue weighted by Crippen LogP contribution is -2.29. The van der Waals surface area contributed by atoms with Crippen molar-refractivity contribution in [2.24, 2.45) is 0 Å². The lowest BCUT2D eigenvalue weighted by Gasteiger charge is -2.20. The first-order valence-electron chi connectivity index (χ1n) is 5.79. The minimum absolute atomic E-state index is 0.221. The van der Waals surface area contributed by atoms with Crippen LogP contribution < -0.4 is 0 Å². The molecule has 2 N–H and O–H groups in total. The van der Waals surface area contributed by atoms with Crippen LogP contribution in [0.5, 0.6) is 0 Å². The van der Waals surface area contributed by atoms with Gasteiger partial charge in [0.25, 0.3) is 0 Å². The van der Waals surface area contributed by atoms with Gasteiger partial charge in [-0.2, -0.15) is 0 Å². The van der Waals surface area contributed by atoms with Crippen molar-refractivity contribution in [3.8, 4) is 0 Å². The maximum absolute atomic E-state index is 8.83. The fraction of sp³-hybridized carbons (Fsp3) is 1.00. The van der Waals surface area contributed by atoms with Crippen molar-refractivity contribution in [2.45, 2.75) is 39.0 Å². The van der Waals surface area contributed by atoms with Gasteiger partial charge in [-0.25, -0.2) is 0 Å². The molecule has 0 aliphatic carbocycles. The van der Waals surface area contributed by atoms with Gasteiger partial charge in [0, 0.05) is 19.7 Å². The molecule has 0 radical (unpaired) electrons. The van der Waals surface area contributed by atoms with Gasteiger partial charge in [-0.05, 0) is 19.4 Å². The highest BCUT2D eigenvalue weighted by Crippen LogP contribution is 2.01. The summed E-state index contributed by atoms with van der Waals surface area (Å²) in [6, 6.07) is 0. The molecule has 0 amide bonds. The Morgan fingerprint density at radius 1 is 0.786 bits per heavy atom. The number of hydrogen-bond acceptors (Lipinski definition) is 3. The van der Waals surface area contributed by atoms with E-state index in [0.717, 1.165) is 26.1 Å². The number of nitrogens with zero attached hydrogens (tertiary/aromatic N) is 1. The minimum atomic E-state index is 0.221. The highest BCUT2D eigenvalue weighted by molar-refractivity contribution is 4.57. The second kappa shape index (κ2) is 11.0. The summed E-state index contributed by atoms with van der Waals surface area (Å²) in [5, 5.41) is 17.5. The van der Waals surface area contributed by atoms with E-state index in [1.165, 1.54) is 25.7 Å². The Bertz CT molecular complexity index is 109. The number of aliphatic hydroxyl groups is 2. The van der Waals surface area contributed by atoms with Crippen molar-refractivity contribution < 1.29 is 10.2 Å². The molecule has 0 heterocycles. The average Bonchev–Trinajstić information content (AvgIpc) is 2.20. The van der Waals surface area contributed by atoms with Crippen LogP contribution in [0.2, 0.25) is 0 Å². The van der Waals surface area contributed by atoms with Gasteiger partial charge in [0.15, 0.2) is 0 Å². The van der Waals surface area contributed by atoms with E-state index in [-0.39, 0.29) is 13.2 Å². The fourth-order valence-corrected chi connectivity index (χ4v) is 1.53. The largest absolute Gasteiger partial charge is 0.396 e. The van der Waals surface area contributed by atoms with Crippen LogP contribution in [0.3, 0.4) is 0 Å². The Morgan fingerprint density at radius 2 is 1.50 bits per heavy atom. The zero-order valence-electron chi connectivity index (χ0n) is 9.41. The van der Waals surface area contributed by atoms with Crippen molar-refractivity contribution in [3.63, 3.8) is 0 Å². The molecule has 0 aliphatic heterocycles. The summed E-state index contributed by atoms with van der Waals surface area (Å²) < 4.78 is 0. The van der Waals surface area contributed by atoms with Crippen LogP contribution in [-0.4, -0.2) is 48.0 Å². The van der Waals surface area contributed by atoms with Gasteiger partial charge >= 0.3 is 0 Å². The molecule has 0 fully saturated rings. The summed E-state index contributed by atoms with van der Waals surface area (Å²) in [6.45, 7) is 5.38. The third-order valence-corrected chi connectivity index (χ3v) is 2.38. The van der Waals surface area contributed by atoms with Crippen LogP contribution in [0.25, 0.3) is 0 Å². The Morgan fingerprint density at radius 3 is 2.07 bits per heavy atom. The summed E-state index contributed by atoms with van der Waals surface area (Å²) >= 11 is 0. The molecule has 0 aromatic rings. The number of hydrogen-bond donors (Lipinski definition) is 2. The van der Waals surface area contributed by atoms with Crippen molar-refractivity contribution in [2.75, 3.05) is 32.8 Å². The van der Waals surface area contributed by atoms with Crippen LogP contribution in [-0.2, 0) is 0 Å². The van der Waals surface area contributed by atoms with Crippen molar-refractivity contribution in [1.82, 2.24) is 4.90 Å². The predicted octanol–water partition coefficient (Wildman–Crippen LogP) is 1.24. The Labute approximate surface area is 87.7 Å². The topological polar surface area (TPSA) is 43.7 Å². The van der Waals surface area contributed by atoms with Gasteiger partial charge < -0.3 is 15.1 Å². The van der Waals surface area contributed by atoms with E-state index in [1.54, 1.807) is 0 Å². The molecule has 0 unspecified atom stereocenters. The van der Waals surface area contributed by atoms with E-state index >= 15 is 0 Å². The van der Waals surface area contributed by atoms with Crippen LogP contribution >= 0.6 is 0 Å². The van der Waals surface area contributed by atoms with Crippen molar-refractivity contribution in [1.29, 1.82) is 0 Å². The maximum Gasteiger partial charge on any atom is 0.0558 e. The van der Waals surface area contributed by atoms with Gasteiger partial charge in [-0.3, -0.25) is 0 Å². The van der Waals surface area contributed by atoms with Gasteiger partial charge in [-0.1, -0.05) is 26.2 Å². The molecule has 0 bridgehead atoms. The molecule has 0 aromatic carbocycles. The lowest BCUT2D eigenvalue weighted by molar-refractivity contribution is 0.177. The SMILES string of the molecule is CCCCCCN(CCO)CCCO. The molecule has 3 nitrogen and oxygen atoms in total. The monoisotopic (exact) mass is 203 g/mol. The van der Waals surface area contributed by atoms with Gasteiger partial charge in [0.1, 0.15) is 0 Å². The Kier molecular flexibility index (Phi) is 10.9. The van der Waals surface area contributed by atoms with Crippen LogP contribution in [0.4, 0.5) is 0 Å². The molecule has 0 aromatic heterocycles. The van der Waals surface area contributed by atoms with Crippen LogP contribution in [0, 0.1) is 0 Å². The summed E-state index contributed by atoms with van der Waals surface area (Å²) in [5.74, 6) is 0. The molecule has 3 heteroatoms. The second-order valence-electron chi connectivity index (χ2n) is 3.70. The first-order valence-corrected chi connectivity index (χ1v) is 5.79. The number of aliphatic hydroxyl groups excluding tert-OH is 2. The van der Waals surface area contributed by atoms with Gasteiger partial charge in [0.2, 0.25) is 0 Å². The summed E-state index contributed by atoms with van der Waals surface area (Å²) in [6.07, 6.45) is 5.86. The zero-order chi connectivity index (χ0) is 10.6. The summed E-state index contributed by atoms with van der Waals surface area (Å²) in [7, 11) is 0. The first-order chi connectivity index (χ1) is 6.85. The number of rotatable bonds is 10. The molecular formula is C11H25NO2. The standard InChI is InChI=1S/C11H25NO2/c1-2-3-4-5-7-12(9-11-14)8-6-10-13/h13-14H,2-11H2,1H3. The average molecular weight is 203 g/mol. The Balaban J connectivity index is 3.40. The molecule has 14 heavy (non-hydrogen) atoms. The molecule has 0 saturated carbocycles. The normalized spacial score (nSPS) is 11.1.